The smallest absolute Gasteiger partial charge is 0.141 e. The summed E-state index contributed by atoms with van der Waals surface area (Å²) in [5.41, 5.74) is 1.71. The monoisotopic (exact) mass is 268 g/mol. The number of aromatic amines is 1. The number of aromatic nitrogens is 2. The molecule has 0 radical (unpaired) electrons. The molecule has 0 aliphatic heterocycles. The Bertz CT molecular complexity index is 610. The first kappa shape index (κ1) is 12.2. The molecule has 0 unspecified atom stereocenters. The van der Waals surface area contributed by atoms with Crippen LogP contribution < -0.4 is 0 Å². The highest BCUT2D eigenvalue weighted by molar-refractivity contribution is 7.71. The lowest BCUT2D eigenvalue weighted by molar-refractivity contribution is 0.628. The molecule has 0 aliphatic rings. The van der Waals surface area contributed by atoms with Crippen molar-refractivity contribution in [2.24, 2.45) is 0 Å². The fraction of sp³-hybridized carbons (Fsp3) is 0.167. The molecular formula is C12H10ClFN2S. The lowest BCUT2D eigenvalue weighted by atomic mass is 10.2. The maximum Gasteiger partial charge on any atom is 0.141 e. The SMILES string of the molecule is CCc1cc(=S)nc(-c2ccc(F)c(Cl)c2)[nH]1. The van der Waals surface area contributed by atoms with Gasteiger partial charge in [-0.15, -0.1) is 0 Å². The summed E-state index contributed by atoms with van der Waals surface area (Å²) in [6.45, 7) is 2.02. The van der Waals surface area contributed by atoms with Crippen molar-refractivity contribution in [3.63, 3.8) is 0 Å². The van der Waals surface area contributed by atoms with E-state index in [9.17, 15) is 4.39 Å². The van der Waals surface area contributed by atoms with Gasteiger partial charge in [0.1, 0.15) is 16.3 Å². The predicted molar refractivity (Wildman–Crippen MR) is 69.2 cm³/mol. The predicted octanol–water partition coefficient (Wildman–Crippen LogP) is 4.16. The second kappa shape index (κ2) is 4.94. The van der Waals surface area contributed by atoms with Crippen LogP contribution >= 0.6 is 23.8 Å². The third-order valence-electron chi connectivity index (χ3n) is 2.37. The molecule has 5 heteroatoms. The van der Waals surface area contributed by atoms with Crippen LogP contribution in [-0.4, -0.2) is 9.97 Å². The van der Waals surface area contributed by atoms with E-state index in [-0.39, 0.29) is 5.02 Å². The zero-order valence-corrected chi connectivity index (χ0v) is 10.7. The van der Waals surface area contributed by atoms with Crippen LogP contribution in [0.3, 0.4) is 0 Å². The van der Waals surface area contributed by atoms with Crippen molar-refractivity contribution in [3.8, 4) is 11.4 Å². The van der Waals surface area contributed by atoms with Crippen LogP contribution in [0.4, 0.5) is 4.39 Å². The molecule has 0 aliphatic carbocycles. The Hall–Kier alpha value is -1.26. The molecule has 0 fully saturated rings. The van der Waals surface area contributed by atoms with Crippen LogP contribution in [0.2, 0.25) is 5.02 Å². The third-order valence-corrected chi connectivity index (χ3v) is 2.87. The molecule has 0 saturated carbocycles. The number of halogens is 2. The molecule has 1 heterocycles. The van der Waals surface area contributed by atoms with Crippen LogP contribution in [0.1, 0.15) is 12.6 Å². The van der Waals surface area contributed by atoms with E-state index >= 15 is 0 Å². The van der Waals surface area contributed by atoms with Gasteiger partial charge in [-0.2, -0.15) is 0 Å². The number of nitrogens with zero attached hydrogens (tertiary/aromatic N) is 1. The minimum atomic E-state index is -0.444. The van der Waals surface area contributed by atoms with Crippen LogP contribution in [-0.2, 0) is 6.42 Å². The van der Waals surface area contributed by atoms with E-state index in [2.05, 4.69) is 9.97 Å². The Kier molecular flexibility index (Phi) is 3.54. The Morgan fingerprint density at radius 2 is 2.18 bits per heavy atom. The summed E-state index contributed by atoms with van der Waals surface area (Å²) in [6, 6.07) is 6.27. The Morgan fingerprint density at radius 3 is 2.82 bits per heavy atom. The van der Waals surface area contributed by atoms with Crippen LogP contribution in [0.25, 0.3) is 11.4 Å². The first-order chi connectivity index (χ1) is 8.10. The van der Waals surface area contributed by atoms with Crippen molar-refractivity contribution in [2.75, 3.05) is 0 Å². The molecule has 1 aromatic heterocycles. The van der Waals surface area contributed by atoms with E-state index in [1.807, 2.05) is 13.0 Å². The number of benzene rings is 1. The van der Waals surface area contributed by atoms with Gasteiger partial charge in [0, 0.05) is 11.3 Å². The Morgan fingerprint density at radius 1 is 1.41 bits per heavy atom. The highest BCUT2D eigenvalue weighted by atomic mass is 35.5. The molecule has 88 valence electrons. The number of hydrogen-bond donors (Lipinski definition) is 1. The first-order valence-corrected chi connectivity index (χ1v) is 5.94. The van der Waals surface area contributed by atoms with Gasteiger partial charge in [-0.05, 0) is 30.7 Å². The number of rotatable bonds is 2. The van der Waals surface area contributed by atoms with Gasteiger partial charge in [0.25, 0.3) is 0 Å². The summed E-state index contributed by atoms with van der Waals surface area (Å²) in [5, 5.41) is 0.0746. The summed E-state index contributed by atoms with van der Waals surface area (Å²) in [4.78, 5) is 7.34. The highest BCUT2D eigenvalue weighted by Crippen LogP contribution is 2.22. The second-order valence-electron chi connectivity index (χ2n) is 3.58. The topological polar surface area (TPSA) is 28.7 Å². The minimum absolute atomic E-state index is 0.0746. The third kappa shape index (κ3) is 2.70. The summed E-state index contributed by atoms with van der Waals surface area (Å²) >= 11 is 10.8. The van der Waals surface area contributed by atoms with Crippen LogP contribution in [0.15, 0.2) is 24.3 Å². The van der Waals surface area contributed by atoms with E-state index in [1.165, 1.54) is 12.1 Å². The molecule has 1 N–H and O–H groups in total. The maximum atomic E-state index is 13.1. The molecule has 0 spiro atoms. The largest absolute Gasteiger partial charge is 0.343 e. The van der Waals surface area contributed by atoms with Gasteiger partial charge < -0.3 is 4.98 Å². The zero-order chi connectivity index (χ0) is 12.4. The minimum Gasteiger partial charge on any atom is -0.343 e. The number of hydrogen-bond acceptors (Lipinski definition) is 2. The summed E-state index contributed by atoms with van der Waals surface area (Å²) in [7, 11) is 0. The molecule has 17 heavy (non-hydrogen) atoms. The molecular weight excluding hydrogens is 259 g/mol. The fourth-order valence-corrected chi connectivity index (χ4v) is 1.89. The van der Waals surface area contributed by atoms with E-state index in [0.29, 0.717) is 10.5 Å². The van der Waals surface area contributed by atoms with Crippen molar-refractivity contribution in [3.05, 3.63) is 45.4 Å². The van der Waals surface area contributed by atoms with Gasteiger partial charge in [0.05, 0.1) is 5.02 Å². The van der Waals surface area contributed by atoms with Gasteiger partial charge in [-0.3, -0.25) is 0 Å². The van der Waals surface area contributed by atoms with Crippen molar-refractivity contribution in [2.45, 2.75) is 13.3 Å². The second-order valence-corrected chi connectivity index (χ2v) is 4.40. The average Bonchev–Trinajstić information content (AvgIpc) is 2.32. The number of aryl methyl sites for hydroxylation is 1. The van der Waals surface area contributed by atoms with E-state index in [1.54, 1.807) is 6.07 Å². The zero-order valence-electron chi connectivity index (χ0n) is 9.13. The first-order valence-electron chi connectivity index (χ1n) is 5.16. The molecule has 2 rings (SSSR count). The molecule has 0 amide bonds. The van der Waals surface area contributed by atoms with E-state index < -0.39 is 5.82 Å². The highest BCUT2D eigenvalue weighted by Gasteiger charge is 2.05. The quantitative estimate of drug-likeness (QED) is 0.829. The average molecular weight is 269 g/mol. The molecule has 2 nitrogen and oxygen atoms in total. The Labute approximate surface area is 108 Å². The number of nitrogens with one attached hydrogen (secondary N) is 1. The maximum absolute atomic E-state index is 13.1. The summed E-state index contributed by atoms with van der Waals surface area (Å²) < 4.78 is 13.6. The summed E-state index contributed by atoms with van der Waals surface area (Å²) in [5.74, 6) is 0.164. The van der Waals surface area contributed by atoms with Crippen LogP contribution in [0.5, 0.6) is 0 Å². The number of H-pyrrole nitrogens is 1. The van der Waals surface area contributed by atoms with Gasteiger partial charge in [-0.1, -0.05) is 30.7 Å². The molecule has 0 atom stereocenters. The van der Waals surface area contributed by atoms with Gasteiger partial charge in [0.2, 0.25) is 0 Å². The fourth-order valence-electron chi connectivity index (χ4n) is 1.48. The lowest BCUT2D eigenvalue weighted by Gasteiger charge is -2.05. The Balaban J connectivity index is 2.55. The van der Waals surface area contributed by atoms with Crippen molar-refractivity contribution in [1.29, 1.82) is 0 Å². The summed E-state index contributed by atoms with van der Waals surface area (Å²) in [6.07, 6.45) is 0.827. The van der Waals surface area contributed by atoms with Crippen LogP contribution in [0, 0.1) is 10.5 Å². The molecule has 0 bridgehead atoms. The molecule has 2 aromatic rings. The van der Waals surface area contributed by atoms with Crippen molar-refractivity contribution >= 4 is 23.8 Å². The van der Waals surface area contributed by atoms with Crippen molar-refractivity contribution < 1.29 is 4.39 Å². The lowest BCUT2D eigenvalue weighted by Crippen LogP contribution is -1.95. The van der Waals surface area contributed by atoms with E-state index in [4.69, 9.17) is 23.8 Å². The van der Waals surface area contributed by atoms with Gasteiger partial charge >= 0.3 is 0 Å². The van der Waals surface area contributed by atoms with Crippen molar-refractivity contribution in [1.82, 2.24) is 9.97 Å². The standard InChI is InChI=1S/C12H10ClFN2S/c1-2-8-6-11(17)16-12(15-8)7-3-4-10(14)9(13)5-7/h3-6H,2H2,1H3,(H,15,16,17). The van der Waals surface area contributed by atoms with E-state index in [0.717, 1.165) is 17.7 Å². The normalized spacial score (nSPS) is 10.5. The molecule has 0 saturated heterocycles. The van der Waals surface area contributed by atoms with Gasteiger partial charge in [-0.25, -0.2) is 9.37 Å². The molecule has 1 aromatic carbocycles. The van der Waals surface area contributed by atoms with Gasteiger partial charge in [0.15, 0.2) is 0 Å².